The average molecular weight is 310 g/mol. The summed E-state index contributed by atoms with van der Waals surface area (Å²) >= 11 is 11.5. The average Bonchev–Trinajstić information content (AvgIpc) is 3.23. The highest BCUT2D eigenvalue weighted by Gasteiger charge is 2.25. The fraction of sp³-hybridized carbons (Fsp3) is 0.533. The number of hydrogen-bond donors (Lipinski definition) is 1. The van der Waals surface area contributed by atoms with E-state index in [4.69, 9.17) is 23.8 Å². The van der Waals surface area contributed by atoms with Gasteiger partial charge in [0.05, 0.1) is 0 Å². The van der Waals surface area contributed by atoms with Crippen molar-refractivity contribution in [2.75, 3.05) is 26.2 Å². The number of halogens is 1. The summed E-state index contributed by atoms with van der Waals surface area (Å²) in [6.07, 6.45) is 2.55. The van der Waals surface area contributed by atoms with Gasteiger partial charge in [0.25, 0.3) is 0 Å². The van der Waals surface area contributed by atoms with Gasteiger partial charge in [-0.25, -0.2) is 0 Å². The molecule has 0 aromatic heterocycles. The summed E-state index contributed by atoms with van der Waals surface area (Å²) in [5.41, 5.74) is 1.28. The number of nitrogens with one attached hydrogen (secondary N) is 1. The fourth-order valence-corrected chi connectivity index (χ4v) is 3.06. The zero-order valence-electron chi connectivity index (χ0n) is 11.5. The molecule has 108 valence electrons. The van der Waals surface area contributed by atoms with Crippen LogP contribution in [0.5, 0.6) is 0 Å². The molecule has 1 N–H and O–H groups in total. The van der Waals surface area contributed by atoms with Crippen LogP contribution in [0, 0.1) is 0 Å². The van der Waals surface area contributed by atoms with Gasteiger partial charge >= 0.3 is 0 Å². The summed E-state index contributed by atoms with van der Waals surface area (Å²) in [4.78, 5) is 4.75. The predicted octanol–water partition coefficient (Wildman–Crippen LogP) is 2.49. The van der Waals surface area contributed by atoms with Crippen LogP contribution in [0.15, 0.2) is 24.3 Å². The Morgan fingerprint density at radius 1 is 1.25 bits per heavy atom. The van der Waals surface area contributed by atoms with E-state index in [0.29, 0.717) is 6.04 Å². The lowest BCUT2D eigenvalue weighted by molar-refractivity contribution is 0.174. The number of hydrogen-bond acceptors (Lipinski definition) is 2. The van der Waals surface area contributed by atoms with E-state index in [1.165, 1.54) is 18.4 Å². The van der Waals surface area contributed by atoms with Gasteiger partial charge in [-0.3, -0.25) is 4.90 Å². The standard InChI is InChI=1S/C15H20ClN3S/c16-13-3-1-2-12(10-13)11-18-6-8-19(9-7-18)15(20)17-14-4-5-14/h1-3,10,14H,4-9,11H2,(H,17,20). The molecule has 0 spiro atoms. The van der Waals surface area contributed by atoms with Gasteiger partial charge in [-0.05, 0) is 42.8 Å². The molecule has 1 saturated heterocycles. The molecule has 0 unspecified atom stereocenters. The van der Waals surface area contributed by atoms with Gasteiger partial charge < -0.3 is 10.2 Å². The Hall–Kier alpha value is -0.840. The normalized spacial score (nSPS) is 19.9. The lowest BCUT2D eigenvalue weighted by atomic mass is 10.2. The molecule has 1 aromatic rings. The SMILES string of the molecule is S=C(NC1CC1)N1CCN(Cc2cccc(Cl)c2)CC1. The smallest absolute Gasteiger partial charge is 0.169 e. The van der Waals surface area contributed by atoms with E-state index < -0.39 is 0 Å². The first-order chi connectivity index (χ1) is 9.70. The van der Waals surface area contributed by atoms with Crippen LogP contribution in [0.3, 0.4) is 0 Å². The van der Waals surface area contributed by atoms with Gasteiger partial charge in [-0.1, -0.05) is 23.7 Å². The van der Waals surface area contributed by atoms with E-state index in [9.17, 15) is 0 Å². The van der Waals surface area contributed by atoms with Crippen LogP contribution < -0.4 is 5.32 Å². The Kier molecular flexibility index (Phi) is 4.44. The molecule has 3 nitrogen and oxygen atoms in total. The second-order valence-corrected chi connectivity index (χ2v) is 6.44. The Morgan fingerprint density at radius 3 is 2.65 bits per heavy atom. The van der Waals surface area contributed by atoms with Crippen LogP contribution in [-0.2, 0) is 6.54 Å². The van der Waals surface area contributed by atoms with E-state index in [-0.39, 0.29) is 0 Å². The Bertz CT molecular complexity index is 482. The summed E-state index contributed by atoms with van der Waals surface area (Å²) in [6, 6.07) is 8.77. The van der Waals surface area contributed by atoms with Crippen LogP contribution in [0.1, 0.15) is 18.4 Å². The first-order valence-corrected chi connectivity index (χ1v) is 8.01. The number of benzene rings is 1. The fourth-order valence-electron chi connectivity index (χ4n) is 2.50. The van der Waals surface area contributed by atoms with Crippen LogP contribution in [0.2, 0.25) is 5.02 Å². The minimum atomic E-state index is 0.645. The number of piperazine rings is 1. The maximum absolute atomic E-state index is 6.03. The molecular weight excluding hydrogens is 290 g/mol. The topological polar surface area (TPSA) is 18.5 Å². The molecule has 1 aliphatic heterocycles. The van der Waals surface area contributed by atoms with Crippen LogP contribution >= 0.6 is 23.8 Å². The molecule has 0 radical (unpaired) electrons. The third kappa shape index (κ3) is 3.84. The Balaban J connectivity index is 1.47. The third-order valence-corrected chi connectivity index (χ3v) is 4.47. The second-order valence-electron chi connectivity index (χ2n) is 5.62. The highest BCUT2D eigenvalue weighted by Crippen LogP contribution is 2.19. The Morgan fingerprint density at radius 2 is 2.00 bits per heavy atom. The van der Waals surface area contributed by atoms with Crippen molar-refractivity contribution in [3.8, 4) is 0 Å². The van der Waals surface area contributed by atoms with E-state index >= 15 is 0 Å². The summed E-state index contributed by atoms with van der Waals surface area (Å²) < 4.78 is 0. The molecule has 1 heterocycles. The highest BCUT2D eigenvalue weighted by atomic mass is 35.5. The lowest BCUT2D eigenvalue weighted by Crippen LogP contribution is -2.51. The van der Waals surface area contributed by atoms with Crippen molar-refractivity contribution < 1.29 is 0 Å². The Labute approximate surface area is 130 Å². The summed E-state index contributed by atoms with van der Waals surface area (Å²) in [7, 11) is 0. The minimum absolute atomic E-state index is 0.645. The lowest BCUT2D eigenvalue weighted by Gasteiger charge is -2.36. The maximum atomic E-state index is 6.03. The van der Waals surface area contributed by atoms with Crippen molar-refractivity contribution >= 4 is 28.9 Å². The van der Waals surface area contributed by atoms with Gasteiger partial charge in [0.1, 0.15) is 0 Å². The van der Waals surface area contributed by atoms with Crippen LogP contribution in [0.25, 0.3) is 0 Å². The van der Waals surface area contributed by atoms with Crippen molar-refractivity contribution in [1.82, 2.24) is 15.1 Å². The van der Waals surface area contributed by atoms with Crippen molar-refractivity contribution in [1.29, 1.82) is 0 Å². The molecule has 20 heavy (non-hydrogen) atoms. The van der Waals surface area contributed by atoms with Gasteiger partial charge in [-0.15, -0.1) is 0 Å². The number of thiocarbonyl (C=S) groups is 1. The highest BCUT2D eigenvalue weighted by molar-refractivity contribution is 7.80. The quantitative estimate of drug-likeness (QED) is 0.864. The molecule has 2 fully saturated rings. The summed E-state index contributed by atoms with van der Waals surface area (Å²) in [5, 5.41) is 5.17. The summed E-state index contributed by atoms with van der Waals surface area (Å²) in [6.45, 7) is 5.10. The second kappa shape index (κ2) is 6.29. The summed E-state index contributed by atoms with van der Waals surface area (Å²) in [5.74, 6) is 0. The van der Waals surface area contributed by atoms with E-state index in [1.807, 2.05) is 18.2 Å². The van der Waals surface area contributed by atoms with E-state index in [0.717, 1.165) is 42.9 Å². The van der Waals surface area contributed by atoms with Crippen molar-refractivity contribution in [3.63, 3.8) is 0 Å². The molecule has 2 aliphatic rings. The van der Waals surface area contributed by atoms with Crippen LogP contribution in [-0.4, -0.2) is 47.1 Å². The number of rotatable bonds is 3. The molecule has 0 bridgehead atoms. The molecule has 0 atom stereocenters. The largest absolute Gasteiger partial charge is 0.360 e. The zero-order chi connectivity index (χ0) is 13.9. The monoisotopic (exact) mass is 309 g/mol. The van der Waals surface area contributed by atoms with Crippen molar-refractivity contribution in [3.05, 3.63) is 34.9 Å². The molecular formula is C15H20ClN3S. The third-order valence-electron chi connectivity index (χ3n) is 3.86. The van der Waals surface area contributed by atoms with Crippen molar-refractivity contribution in [2.45, 2.75) is 25.4 Å². The first-order valence-electron chi connectivity index (χ1n) is 7.23. The van der Waals surface area contributed by atoms with Crippen LogP contribution in [0.4, 0.5) is 0 Å². The van der Waals surface area contributed by atoms with E-state index in [1.54, 1.807) is 0 Å². The van der Waals surface area contributed by atoms with Gasteiger partial charge in [0.15, 0.2) is 5.11 Å². The molecule has 1 saturated carbocycles. The molecule has 1 aliphatic carbocycles. The zero-order valence-corrected chi connectivity index (χ0v) is 13.1. The van der Waals surface area contributed by atoms with Gasteiger partial charge in [-0.2, -0.15) is 0 Å². The minimum Gasteiger partial charge on any atom is -0.360 e. The molecule has 1 aromatic carbocycles. The van der Waals surface area contributed by atoms with Crippen molar-refractivity contribution in [2.24, 2.45) is 0 Å². The van der Waals surface area contributed by atoms with Gasteiger partial charge in [0.2, 0.25) is 0 Å². The maximum Gasteiger partial charge on any atom is 0.169 e. The molecule has 5 heteroatoms. The number of nitrogens with zero attached hydrogens (tertiary/aromatic N) is 2. The van der Waals surface area contributed by atoms with E-state index in [2.05, 4.69) is 21.2 Å². The predicted molar refractivity (Wildman–Crippen MR) is 87.1 cm³/mol. The first kappa shape index (κ1) is 14.1. The molecule has 3 rings (SSSR count). The molecule has 0 amide bonds. The van der Waals surface area contributed by atoms with Gasteiger partial charge in [0, 0.05) is 43.8 Å².